The molecule has 3 N–H and O–H groups in total. The summed E-state index contributed by atoms with van der Waals surface area (Å²) in [6, 6.07) is -1.55. The Hall–Kier alpha value is -2.45. The Morgan fingerprint density at radius 1 is 0.938 bits per heavy atom. The zero-order chi connectivity index (χ0) is 25.1. The molecule has 0 aliphatic heterocycles. The van der Waals surface area contributed by atoms with Crippen LogP contribution in [0, 0.1) is 5.92 Å². The number of ether oxygens (including phenoxy) is 2. The molecule has 0 saturated heterocycles. The molecule has 32 heavy (non-hydrogen) atoms. The summed E-state index contributed by atoms with van der Waals surface area (Å²) < 4.78 is 10.1. The number of carbonyl (C=O) groups is 3. The van der Waals surface area contributed by atoms with Crippen molar-refractivity contribution in [3.8, 4) is 0 Å². The van der Waals surface area contributed by atoms with Crippen molar-refractivity contribution in [1.29, 1.82) is 0 Å². The van der Waals surface area contributed by atoms with Crippen LogP contribution in [0.25, 0.3) is 0 Å². The minimum atomic E-state index is -0.789. The Morgan fingerprint density at radius 2 is 1.56 bits per heavy atom. The number of carbonyl (C=O) groups excluding carboxylic acids is 3. The smallest absolute Gasteiger partial charge is 0.246 e. The minimum absolute atomic E-state index is 0.133. The van der Waals surface area contributed by atoms with Crippen molar-refractivity contribution in [2.24, 2.45) is 5.92 Å². The van der Waals surface area contributed by atoms with Crippen molar-refractivity contribution in [3.05, 3.63) is 36.1 Å². The Labute approximate surface area is 193 Å². The lowest BCUT2D eigenvalue weighted by Gasteiger charge is -2.24. The monoisotopic (exact) mass is 453 g/mol. The molecule has 0 fully saturated rings. The first kappa shape index (κ1) is 31.7. The van der Waals surface area contributed by atoms with Gasteiger partial charge in [-0.2, -0.15) is 0 Å². The second kappa shape index (κ2) is 19.3. The SMILES string of the molecule is C=C/C(=C\C=C(C)C)NC(=O)C(C)NC(=O)C(NC(=O)CCOCCOC)C(C)C.CC. The van der Waals surface area contributed by atoms with Crippen molar-refractivity contribution in [2.75, 3.05) is 26.9 Å². The minimum Gasteiger partial charge on any atom is -0.382 e. The van der Waals surface area contributed by atoms with E-state index in [2.05, 4.69) is 22.5 Å². The van der Waals surface area contributed by atoms with Gasteiger partial charge in [0, 0.05) is 19.2 Å². The molecule has 0 radical (unpaired) electrons. The van der Waals surface area contributed by atoms with Crippen LogP contribution in [0.4, 0.5) is 0 Å². The van der Waals surface area contributed by atoms with E-state index in [4.69, 9.17) is 9.47 Å². The Kier molecular flexibility index (Phi) is 19.1. The summed E-state index contributed by atoms with van der Waals surface area (Å²) >= 11 is 0. The van der Waals surface area contributed by atoms with Gasteiger partial charge in [-0.05, 0) is 38.8 Å². The summed E-state index contributed by atoms with van der Waals surface area (Å²) in [5.41, 5.74) is 1.61. The third-order valence-electron chi connectivity index (χ3n) is 4.01. The fourth-order valence-corrected chi connectivity index (χ4v) is 2.23. The second-order valence-corrected chi connectivity index (χ2v) is 7.43. The lowest BCUT2D eigenvalue weighted by Crippen LogP contribution is -2.54. The Bertz CT molecular complexity index is 638. The van der Waals surface area contributed by atoms with Crippen LogP contribution in [0.1, 0.15) is 54.9 Å². The van der Waals surface area contributed by atoms with Gasteiger partial charge in [0.05, 0.1) is 19.8 Å². The maximum atomic E-state index is 12.6. The number of amides is 3. The van der Waals surface area contributed by atoms with Gasteiger partial charge in [0.15, 0.2) is 0 Å². The first-order valence-corrected chi connectivity index (χ1v) is 11.1. The van der Waals surface area contributed by atoms with Crippen molar-refractivity contribution < 1.29 is 23.9 Å². The van der Waals surface area contributed by atoms with Gasteiger partial charge >= 0.3 is 0 Å². The molecule has 0 aromatic carbocycles. The Morgan fingerprint density at radius 3 is 2.06 bits per heavy atom. The van der Waals surface area contributed by atoms with Crippen LogP contribution in [0.15, 0.2) is 36.1 Å². The number of nitrogens with one attached hydrogen (secondary N) is 3. The number of hydrogen-bond acceptors (Lipinski definition) is 5. The molecule has 0 saturated carbocycles. The highest BCUT2D eigenvalue weighted by atomic mass is 16.5. The van der Waals surface area contributed by atoms with Crippen LogP contribution >= 0.6 is 0 Å². The predicted octanol–water partition coefficient (Wildman–Crippen LogP) is 2.86. The summed E-state index contributed by atoms with van der Waals surface area (Å²) in [5.74, 6) is -1.25. The molecule has 0 rings (SSSR count). The quantitative estimate of drug-likeness (QED) is 0.277. The molecule has 0 bridgehead atoms. The van der Waals surface area contributed by atoms with E-state index in [1.54, 1.807) is 20.1 Å². The topological polar surface area (TPSA) is 106 Å². The average Bonchev–Trinajstić information content (AvgIpc) is 2.75. The van der Waals surface area contributed by atoms with Crippen LogP contribution in [-0.2, 0) is 23.9 Å². The van der Waals surface area contributed by atoms with E-state index in [0.717, 1.165) is 5.57 Å². The van der Waals surface area contributed by atoms with Gasteiger partial charge in [-0.25, -0.2) is 0 Å². The summed E-state index contributed by atoms with van der Waals surface area (Å²) in [6.45, 7) is 17.9. The van der Waals surface area contributed by atoms with Crippen LogP contribution in [0.2, 0.25) is 0 Å². The number of allylic oxidation sites excluding steroid dienone is 4. The predicted molar refractivity (Wildman–Crippen MR) is 129 cm³/mol. The van der Waals surface area contributed by atoms with Crippen molar-refractivity contribution in [3.63, 3.8) is 0 Å². The highest BCUT2D eigenvalue weighted by molar-refractivity contribution is 5.92. The normalized spacial score (nSPS) is 12.6. The lowest BCUT2D eigenvalue weighted by atomic mass is 10.0. The molecule has 0 aromatic heterocycles. The molecule has 3 amide bonds. The van der Waals surface area contributed by atoms with Gasteiger partial charge in [0.25, 0.3) is 0 Å². The lowest BCUT2D eigenvalue weighted by molar-refractivity contribution is -0.132. The molecular formula is C24H43N3O5. The van der Waals surface area contributed by atoms with Crippen molar-refractivity contribution in [1.82, 2.24) is 16.0 Å². The summed E-state index contributed by atoms with van der Waals surface area (Å²) in [6.07, 6.45) is 5.25. The molecule has 2 unspecified atom stereocenters. The third kappa shape index (κ3) is 15.4. The largest absolute Gasteiger partial charge is 0.382 e. The third-order valence-corrected chi connectivity index (χ3v) is 4.01. The molecular weight excluding hydrogens is 410 g/mol. The fourth-order valence-electron chi connectivity index (χ4n) is 2.23. The van der Waals surface area contributed by atoms with E-state index in [1.807, 2.05) is 47.6 Å². The van der Waals surface area contributed by atoms with Gasteiger partial charge < -0.3 is 25.4 Å². The molecule has 8 nitrogen and oxygen atoms in total. The average molecular weight is 454 g/mol. The standard InChI is InChI=1S/C22H37N3O5.C2H6/c1-8-18(10-9-15(2)3)24-21(27)17(6)23-22(28)20(16(4)5)25-19(26)11-12-30-14-13-29-7;1-2/h8-10,16-17,20H,1,11-14H2,2-7H3,(H,23,28)(H,24,27)(H,25,26);1-2H3/b18-10+;. The van der Waals surface area contributed by atoms with E-state index in [-0.39, 0.29) is 30.8 Å². The van der Waals surface area contributed by atoms with Crippen LogP contribution in [-0.4, -0.2) is 56.7 Å². The number of rotatable bonds is 14. The fraction of sp³-hybridized carbons (Fsp3) is 0.625. The van der Waals surface area contributed by atoms with E-state index in [1.165, 1.54) is 6.08 Å². The van der Waals surface area contributed by atoms with Crippen LogP contribution < -0.4 is 16.0 Å². The van der Waals surface area contributed by atoms with Crippen molar-refractivity contribution >= 4 is 17.7 Å². The summed E-state index contributed by atoms with van der Waals surface area (Å²) in [7, 11) is 1.57. The van der Waals surface area contributed by atoms with Gasteiger partial charge in [0.2, 0.25) is 17.7 Å². The van der Waals surface area contributed by atoms with Crippen LogP contribution in [0.3, 0.4) is 0 Å². The molecule has 0 aliphatic rings. The number of hydrogen-bond donors (Lipinski definition) is 3. The first-order valence-electron chi connectivity index (χ1n) is 11.1. The molecule has 0 heterocycles. The zero-order valence-corrected chi connectivity index (χ0v) is 21.0. The van der Waals surface area contributed by atoms with Crippen LogP contribution in [0.5, 0.6) is 0 Å². The van der Waals surface area contributed by atoms with Gasteiger partial charge in [0.1, 0.15) is 12.1 Å². The number of methoxy groups -OCH3 is 1. The maximum Gasteiger partial charge on any atom is 0.246 e. The van der Waals surface area contributed by atoms with Crippen molar-refractivity contribution in [2.45, 2.75) is 67.0 Å². The molecule has 0 aliphatic carbocycles. The highest BCUT2D eigenvalue weighted by Crippen LogP contribution is 2.04. The zero-order valence-electron chi connectivity index (χ0n) is 21.0. The van der Waals surface area contributed by atoms with E-state index < -0.39 is 18.0 Å². The molecule has 8 heteroatoms. The first-order chi connectivity index (χ1) is 15.1. The summed E-state index contributed by atoms with van der Waals surface area (Å²) in [5, 5.41) is 8.07. The van der Waals surface area contributed by atoms with E-state index >= 15 is 0 Å². The molecule has 2 atom stereocenters. The van der Waals surface area contributed by atoms with E-state index in [9.17, 15) is 14.4 Å². The highest BCUT2D eigenvalue weighted by Gasteiger charge is 2.26. The molecule has 184 valence electrons. The summed E-state index contributed by atoms with van der Waals surface area (Å²) in [4.78, 5) is 37.1. The Balaban J connectivity index is 0. The molecule has 0 spiro atoms. The van der Waals surface area contributed by atoms with Gasteiger partial charge in [-0.15, -0.1) is 0 Å². The van der Waals surface area contributed by atoms with E-state index in [0.29, 0.717) is 18.9 Å². The molecule has 0 aromatic rings. The van der Waals surface area contributed by atoms with Gasteiger partial charge in [-0.1, -0.05) is 45.9 Å². The van der Waals surface area contributed by atoms with Gasteiger partial charge in [-0.3, -0.25) is 14.4 Å². The maximum absolute atomic E-state index is 12.6. The second-order valence-electron chi connectivity index (χ2n) is 7.43.